The Morgan fingerprint density at radius 1 is 1.25 bits per heavy atom. The molecule has 1 aromatic carbocycles. The van der Waals surface area contributed by atoms with Gasteiger partial charge in [-0.2, -0.15) is 0 Å². The number of hydrazine groups is 1. The summed E-state index contributed by atoms with van der Waals surface area (Å²) >= 11 is 0. The maximum absolute atomic E-state index is 11.1. The van der Waals surface area contributed by atoms with Crippen molar-refractivity contribution < 1.29 is 9.53 Å². The Kier molecular flexibility index (Phi) is 3.91. The van der Waals surface area contributed by atoms with Gasteiger partial charge in [0, 0.05) is 13.1 Å². The molecule has 1 aromatic rings. The summed E-state index contributed by atoms with van der Waals surface area (Å²) in [6, 6.07) is 9.99. The molecule has 2 rings (SSSR count). The van der Waals surface area contributed by atoms with Crippen LogP contribution >= 0.6 is 0 Å². The lowest BCUT2D eigenvalue weighted by Crippen LogP contribution is -2.47. The van der Waals surface area contributed by atoms with Crippen molar-refractivity contribution in [2.24, 2.45) is 0 Å². The highest BCUT2D eigenvalue weighted by molar-refractivity contribution is 5.46. The van der Waals surface area contributed by atoms with Crippen molar-refractivity contribution in [3.05, 3.63) is 35.9 Å². The topological polar surface area (TPSA) is 32.8 Å². The summed E-state index contributed by atoms with van der Waals surface area (Å²) in [6.45, 7) is 3.58. The first kappa shape index (κ1) is 11.1. The van der Waals surface area contributed by atoms with Gasteiger partial charge in [0.05, 0.1) is 19.8 Å². The molecule has 0 unspecified atom stereocenters. The molecule has 0 aliphatic carbocycles. The van der Waals surface area contributed by atoms with Gasteiger partial charge in [-0.1, -0.05) is 30.3 Å². The highest BCUT2D eigenvalue weighted by Crippen LogP contribution is 2.07. The second kappa shape index (κ2) is 5.63. The minimum atomic E-state index is 0.629. The third-order valence-corrected chi connectivity index (χ3v) is 2.66. The van der Waals surface area contributed by atoms with Crippen LogP contribution in [0, 0.1) is 0 Å². The van der Waals surface area contributed by atoms with Crippen LogP contribution in [0.25, 0.3) is 0 Å². The fourth-order valence-corrected chi connectivity index (χ4v) is 1.79. The molecule has 1 aliphatic heterocycles. The predicted molar refractivity (Wildman–Crippen MR) is 60.4 cm³/mol. The molecule has 0 saturated carbocycles. The Balaban J connectivity index is 1.97. The number of benzene rings is 1. The SMILES string of the molecule is O=CN(Cc1ccccc1)N1CCOCC1. The van der Waals surface area contributed by atoms with E-state index in [0.717, 1.165) is 25.1 Å². The first-order valence-corrected chi connectivity index (χ1v) is 5.48. The lowest BCUT2D eigenvalue weighted by Gasteiger charge is -2.34. The van der Waals surface area contributed by atoms with E-state index in [2.05, 4.69) is 0 Å². The highest BCUT2D eigenvalue weighted by atomic mass is 16.5. The second-order valence-corrected chi connectivity index (χ2v) is 3.75. The summed E-state index contributed by atoms with van der Waals surface area (Å²) in [6.07, 6.45) is 0.887. The van der Waals surface area contributed by atoms with Crippen molar-refractivity contribution in [1.82, 2.24) is 10.0 Å². The third kappa shape index (κ3) is 2.81. The van der Waals surface area contributed by atoms with Gasteiger partial charge in [-0.15, -0.1) is 0 Å². The number of rotatable bonds is 4. The van der Waals surface area contributed by atoms with Gasteiger partial charge in [0.2, 0.25) is 6.41 Å². The first-order chi connectivity index (χ1) is 7.90. The summed E-state index contributed by atoms with van der Waals surface area (Å²) in [5.41, 5.74) is 1.14. The van der Waals surface area contributed by atoms with Gasteiger partial charge >= 0.3 is 0 Å². The van der Waals surface area contributed by atoms with Crippen LogP contribution in [0.3, 0.4) is 0 Å². The summed E-state index contributed by atoms with van der Waals surface area (Å²) in [5, 5.41) is 3.75. The molecule has 16 heavy (non-hydrogen) atoms. The Hall–Kier alpha value is -1.39. The van der Waals surface area contributed by atoms with E-state index in [1.54, 1.807) is 5.01 Å². The Labute approximate surface area is 95.4 Å². The molecule has 4 heteroatoms. The molecular formula is C12H16N2O2. The zero-order chi connectivity index (χ0) is 11.2. The zero-order valence-electron chi connectivity index (χ0n) is 9.21. The van der Waals surface area contributed by atoms with E-state index < -0.39 is 0 Å². The number of amides is 1. The molecule has 1 heterocycles. The van der Waals surface area contributed by atoms with Crippen LogP contribution in [-0.2, 0) is 16.1 Å². The standard InChI is InChI=1S/C12H16N2O2/c15-11-14(13-6-8-16-9-7-13)10-12-4-2-1-3-5-12/h1-5,11H,6-10H2. The van der Waals surface area contributed by atoms with Gasteiger partial charge in [0.25, 0.3) is 0 Å². The highest BCUT2D eigenvalue weighted by Gasteiger charge is 2.16. The summed E-state index contributed by atoms with van der Waals surface area (Å²) in [4.78, 5) is 11.1. The minimum Gasteiger partial charge on any atom is -0.379 e. The summed E-state index contributed by atoms with van der Waals surface area (Å²) in [7, 11) is 0. The van der Waals surface area contributed by atoms with Crippen molar-refractivity contribution in [3.8, 4) is 0 Å². The van der Waals surface area contributed by atoms with Crippen molar-refractivity contribution in [1.29, 1.82) is 0 Å². The largest absolute Gasteiger partial charge is 0.379 e. The number of carbonyl (C=O) groups is 1. The van der Waals surface area contributed by atoms with Gasteiger partial charge in [-0.25, -0.2) is 5.01 Å². The fourth-order valence-electron chi connectivity index (χ4n) is 1.79. The molecule has 1 saturated heterocycles. The molecule has 0 radical (unpaired) electrons. The van der Waals surface area contributed by atoms with Crippen molar-refractivity contribution >= 4 is 6.41 Å². The van der Waals surface area contributed by atoms with E-state index >= 15 is 0 Å². The molecule has 1 fully saturated rings. The smallest absolute Gasteiger partial charge is 0.224 e. The first-order valence-electron chi connectivity index (χ1n) is 5.48. The van der Waals surface area contributed by atoms with Gasteiger partial charge in [-0.3, -0.25) is 9.80 Å². The Bertz CT molecular complexity index is 323. The van der Waals surface area contributed by atoms with Gasteiger partial charge < -0.3 is 4.74 Å². The van der Waals surface area contributed by atoms with Crippen molar-refractivity contribution in [2.45, 2.75) is 6.54 Å². The van der Waals surface area contributed by atoms with E-state index in [9.17, 15) is 4.79 Å². The monoisotopic (exact) mass is 220 g/mol. The molecule has 4 nitrogen and oxygen atoms in total. The second-order valence-electron chi connectivity index (χ2n) is 3.75. The number of nitrogens with zero attached hydrogens (tertiary/aromatic N) is 2. The molecule has 0 aromatic heterocycles. The third-order valence-electron chi connectivity index (χ3n) is 2.66. The molecule has 86 valence electrons. The number of morpholine rings is 1. The van der Waals surface area contributed by atoms with Crippen LogP contribution in [-0.4, -0.2) is 42.7 Å². The summed E-state index contributed by atoms with van der Waals surface area (Å²) in [5.74, 6) is 0. The minimum absolute atomic E-state index is 0.629. The number of hydrogen-bond acceptors (Lipinski definition) is 3. The maximum Gasteiger partial charge on any atom is 0.224 e. The van der Waals surface area contributed by atoms with Crippen LogP contribution in [0.2, 0.25) is 0 Å². The Morgan fingerprint density at radius 3 is 2.56 bits per heavy atom. The predicted octanol–water partition coefficient (Wildman–Crippen LogP) is 0.892. The van der Waals surface area contributed by atoms with Crippen LogP contribution in [0.4, 0.5) is 0 Å². The molecule has 0 bridgehead atoms. The van der Waals surface area contributed by atoms with Crippen molar-refractivity contribution in [2.75, 3.05) is 26.3 Å². The molecule has 1 amide bonds. The average Bonchev–Trinajstić information content (AvgIpc) is 2.38. The van der Waals surface area contributed by atoms with Crippen LogP contribution in [0.1, 0.15) is 5.56 Å². The molecular weight excluding hydrogens is 204 g/mol. The van der Waals surface area contributed by atoms with E-state index in [-0.39, 0.29) is 0 Å². The van der Waals surface area contributed by atoms with E-state index in [4.69, 9.17) is 4.74 Å². The summed E-state index contributed by atoms with van der Waals surface area (Å²) < 4.78 is 5.26. The fraction of sp³-hybridized carbons (Fsp3) is 0.417. The van der Waals surface area contributed by atoms with Gasteiger partial charge in [0.15, 0.2) is 0 Å². The normalized spacial score (nSPS) is 17.0. The molecule has 0 spiro atoms. The number of ether oxygens (including phenoxy) is 1. The van der Waals surface area contributed by atoms with E-state index in [1.165, 1.54) is 0 Å². The molecule has 0 atom stereocenters. The van der Waals surface area contributed by atoms with Crippen molar-refractivity contribution in [3.63, 3.8) is 0 Å². The maximum atomic E-state index is 11.1. The Morgan fingerprint density at radius 2 is 1.94 bits per heavy atom. The zero-order valence-corrected chi connectivity index (χ0v) is 9.21. The lowest BCUT2D eigenvalue weighted by molar-refractivity contribution is -0.144. The van der Waals surface area contributed by atoms with Crippen LogP contribution in [0.5, 0.6) is 0 Å². The number of carbonyl (C=O) groups excluding carboxylic acids is 1. The van der Waals surface area contributed by atoms with Crippen LogP contribution in [0.15, 0.2) is 30.3 Å². The quantitative estimate of drug-likeness (QED) is 0.706. The van der Waals surface area contributed by atoms with Gasteiger partial charge in [-0.05, 0) is 5.56 Å². The van der Waals surface area contributed by atoms with E-state index in [1.807, 2.05) is 35.3 Å². The average molecular weight is 220 g/mol. The van der Waals surface area contributed by atoms with Gasteiger partial charge in [0.1, 0.15) is 0 Å². The number of hydrogen-bond donors (Lipinski definition) is 0. The van der Waals surface area contributed by atoms with E-state index in [0.29, 0.717) is 19.8 Å². The van der Waals surface area contributed by atoms with Crippen LogP contribution < -0.4 is 0 Å². The molecule has 0 N–H and O–H groups in total. The molecule has 1 aliphatic rings. The lowest BCUT2D eigenvalue weighted by atomic mass is 10.2.